The van der Waals surface area contributed by atoms with Crippen molar-refractivity contribution in [2.45, 2.75) is 20.8 Å². The highest BCUT2D eigenvalue weighted by Crippen LogP contribution is 2.24. The third-order valence-electron chi connectivity index (χ3n) is 2.48. The molecule has 18 heavy (non-hydrogen) atoms. The van der Waals surface area contributed by atoms with E-state index in [9.17, 15) is 14.8 Å². The number of ether oxygens (including phenoxy) is 1. The number of carbonyl (C=O) groups excluding carboxylic acids is 1. The maximum Gasteiger partial charge on any atom is 0.490 e. The van der Waals surface area contributed by atoms with Crippen LogP contribution in [0.3, 0.4) is 0 Å². The van der Waals surface area contributed by atoms with Crippen LogP contribution >= 0.6 is 0 Å². The molecule has 0 fully saturated rings. The fourth-order valence-electron chi connectivity index (χ4n) is 1.37. The molecule has 0 heterocycles. The van der Waals surface area contributed by atoms with Gasteiger partial charge in [-0.15, -0.1) is 0 Å². The zero-order chi connectivity index (χ0) is 13.9. The van der Waals surface area contributed by atoms with Crippen molar-refractivity contribution in [1.29, 1.82) is 0 Å². The van der Waals surface area contributed by atoms with Gasteiger partial charge in [-0.25, -0.2) is 0 Å². The average molecular weight is 251 g/mol. The molecule has 1 aromatic carbocycles. The number of carbonyl (C=O) groups is 1. The third kappa shape index (κ3) is 3.24. The molecule has 0 spiro atoms. The molecule has 6 heteroatoms. The highest BCUT2D eigenvalue weighted by molar-refractivity contribution is 6.61. The fourth-order valence-corrected chi connectivity index (χ4v) is 1.37. The fraction of sp³-hybridized carbons (Fsp3) is 0.417. The Morgan fingerprint density at radius 1 is 1.33 bits per heavy atom. The van der Waals surface area contributed by atoms with Crippen LogP contribution in [0.5, 0.6) is 5.75 Å². The number of anilines is 1. The lowest BCUT2D eigenvalue weighted by Gasteiger charge is -2.21. The molecule has 0 aromatic heterocycles. The largest absolute Gasteiger partial charge is 0.495 e. The van der Waals surface area contributed by atoms with E-state index >= 15 is 0 Å². The van der Waals surface area contributed by atoms with Gasteiger partial charge in [-0.2, -0.15) is 0 Å². The standard InChI is InChI=1S/C12H18BNO4/c1-12(2,3)11(15)14-10-8(13(16)17)6-5-7-9(10)18-4/h5-7,16-17H,1-4H3,(H,14,15). The zero-order valence-electron chi connectivity index (χ0n) is 11.0. The van der Waals surface area contributed by atoms with Crippen molar-refractivity contribution in [2.24, 2.45) is 5.41 Å². The minimum atomic E-state index is -1.67. The highest BCUT2D eigenvalue weighted by atomic mass is 16.5. The summed E-state index contributed by atoms with van der Waals surface area (Å²) in [5.41, 5.74) is -0.0969. The first-order valence-corrected chi connectivity index (χ1v) is 5.62. The molecular formula is C12H18BNO4. The van der Waals surface area contributed by atoms with Gasteiger partial charge in [-0.05, 0) is 6.07 Å². The lowest BCUT2D eigenvalue weighted by Crippen LogP contribution is -2.36. The maximum absolute atomic E-state index is 11.9. The van der Waals surface area contributed by atoms with E-state index in [-0.39, 0.29) is 17.1 Å². The topological polar surface area (TPSA) is 78.8 Å². The van der Waals surface area contributed by atoms with Gasteiger partial charge in [0, 0.05) is 10.9 Å². The van der Waals surface area contributed by atoms with Crippen LogP contribution in [-0.2, 0) is 4.79 Å². The predicted octanol–water partition coefficient (Wildman–Crippen LogP) is 0.360. The van der Waals surface area contributed by atoms with E-state index < -0.39 is 12.5 Å². The molecule has 5 nitrogen and oxygen atoms in total. The second-order valence-electron chi connectivity index (χ2n) is 5.00. The van der Waals surface area contributed by atoms with Crippen molar-refractivity contribution >= 4 is 24.2 Å². The monoisotopic (exact) mass is 251 g/mol. The third-order valence-corrected chi connectivity index (χ3v) is 2.48. The van der Waals surface area contributed by atoms with Crippen LogP contribution < -0.4 is 15.5 Å². The summed E-state index contributed by atoms with van der Waals surface area (Å²) in [6.45, 7) is 5.31. The van der Waals surface area contributed by atoms with Gasteiger partial charge < -0.3 is 20.1 Å². The molecule has 1 amide bonds. The van der Waals surface area contributed by atoms with E-state index in [0.29, 0.717) is 5.75 Å². The number of hydrogen-bond donors (Lipinski definition) is 3. The summed E-state index contributed by atoms with van der Waals surface area (Å²) in [5, 5.41) is 21.2. The second kappa shape index (κ2) is 5.41. The summed E-state index contributed by atoms with van der Waals surface area (Å²) < 4.78 is 5.11. The first kappa shape index (κ1) is 14.5. The van der Waals surface area contributed by atoms with E-state index in [2.05, 4.69) is 5.32 Å². The number of amides is 1. The van der Waals surface area contributed by atoms with Crippen molar-refractivity contribution in [3.63, 3.8) is 0 Å². The smallest absolute Gasteiger partial charge is 0.490 e. The number of para-hydroxylation sites is 1. The van der Waals surface area contributed by atoms with Crippen LogP contribution in [0.1, 0.15) is 20.8 Å². The highest BCUT2D eigenvalue weighted by Gasteiger charge is 2.26. The van der Waals surface area contributed by atoms with Gasteiger partial charge in [-0.1, -0.05) is 32.9 Å². The van der Waals surface area contributed by atoms with Crippen molar-refractivity contribution in [3.05, 3.63) is 18.2 Å². The van der Waals surface area contributed by atoms with Gasteiger partial charge in [-0.3, -0.25) is 4.79 Å². The van der Waals surface area contributed by atoms with Gasteiger partial charge in [0.1, 0.15) is 5.75 Å². The molecule has 1 aromatic rings. The predicted molar refractivity (Wildman–Crippen MR) is 70.9 cm³/mol. The molecule has 1 rings (SSSR count). The summed E-state index contributed by atoms with van der Waals surface area (Å²) in [6, 6.07) is 4.79. The van der Waals surface area contributed by atoms with Crippen molar-refractivity contribution in [2.75, 3.05) is 12.4 Å². The summed E-state index contributed by atoms with van der Waals surface area (Å²) >= 11 is 0. The minimum Gasteiger partial charge on any atom is -0.495 e. The number of hydrogen-bond acceptors (Lipinski definition) is 4. The average Bonchev–Trinajstić information content (AvgIpc) is 2.27. The Morgan fingerprint density at radius 3 is 2.39 bits per heavy atom. The molecule has 0 saturated heterocycles. The molecule has 0 unspecified atom stereocenters. The maximum atomic E-state index is 11.9. The molecule has 98 valence electrons. The molecule has 0 aliphatic carbocycles. The zero-order valence-corrected chi connectivity index (χ0v) is 11.0. The Bertz CT molecular complexity index is 440. The van der Waals surface area contributed by atoms with E-state index in [1.807, 2.05) is 0 Å². The van der Waals surface area contributed by atoms with Gasteiger partial charge >= 0.3 is 7.12 Å². The molecule has 0 atom stereocenters. The van der Waals surface area contributed by atoms with Crippen LogP contribution in [0.15, 0.2) is 18.2 Å². The van der Waals surface area contributed by atoms with Gasteiger partial charge in [0.25, 0.3) is 0 Å². The van der Waals surface area contributed by atoms with E-state index in [0.717, 1.165) is 0 Å². The number of rotatable bonds is 3. The normalized spacial score (nSPS) is 11.0. The first-order chi connectivity index (χ1) is 8.27. The van der Waals surface area contributed by atoms with Gasteiger partial charge in [0.05, 0.1) is 12.8 Å². The SMILES string of the molecule is COc1cccc(B(O)O)c1NC(=O)C(C)(C)C. The first-order valence-electron chi connectivity index (χ1n) is 5.62. The molecule has 0 aliphatic heterocycles. The summed E-state index contributed by atoms with van der Waals surface area (Å²) in [6.07, 6.45) is 0. The van der Waals surface area contributed by atoms with Crippen LogP contribution in [0.2, 0.25) is 0 Å². The van der Waals surface area contributed by atoms with Crippen molar-refractivity contribution in [1.82, 2.24) is 0 Å². The van der Waals surface area contributed by atoms with E-state index in [4.69, 9.17) is 4.74 Å². The number of methoxy groups -OCH3 is 1. The molecule has 0 saturated carbocycles. The molecule has 0 bridgehead atoms. The molecule has 0 radical (unpaired) electrons. The van der Waals surface area contributed by atoms with Crippen LogP contribution in [0.25, 0.3) is 0 Å². The summed E-state index contributed by atoms with van der Waals surface area (Å²) in [5.74, 6) is 0.159. The Balaban J connectivity index is 3.17. The number of nitrogens with one attached hydrogen (secondary N) is 1. The van der Waals surface area contributed by atoms with Crippen molar-refractivity contribution in [3.8, 4) is 5.75 Å². The Hall–Kier alpha value is -1.53. The number of benzene rings is 1. The van der Waals surface area contributed by atoms with Gasteiger partial charge in [0.2, 0.25) is 5.91 Å². The quantitative estimate of drug-likeness (QED) is 0.678. The van der Waals surface area contributed by atoms with Gasteiger partial charge in [0.15, 0.2) is 0 Å². The Kier molecular flexibility index (Phi) is 4.37. The Morgan fingerprint density at radius 2 is 1.94 bits per heavy atom. The van der Waals surface area contributed by atoms with Crippen molar-refractivity contribution < 1.29 is 19.6 Å². The molecule has 0 aliphatic rings. The van der Waals surface area contributed by atoms with E-state index in [1.165, 1.54) is 13.2 Å². The van der Waals surface area contributed by atoms with E-state index in [1.54, 1.807) is 32.9 Å². The van der Waals surface area contributed by atoms with Crippen LogP contribution in [0.4, 0.5) is 5.69 Å². The summed E-state index contributed by atoms with van der Waals surface area (Å²) in [4.78, 5) is 11.9. The summed E-state index contributed by atoms with van der Waals surface area (Å²) in [7, 11) is -0.217. The lowest BCUT2D eigenvalue weighted by atomic mass is 9.78. The molecule has 3 N–H and O–H groups in total. The lowest BCUT2D eigenvalue weighted by molar-refractivity contribution is -0.123. The van der Waals surface area contributed by atoms with Crippen LogP contribution in [0, 0.1) is 5.41 Å². The minimum absolute atomic E-state index is 0.201. The van der Waals surface area contributed by atoms with Crippen LogP contribution in [-0.4, -0.2) is 30.2 Å². The molecular weight excluding hydrogens is 233 g/mol. The Labute approximate surface area is 107 Å². The second-order valence-corrected chi connectivity index (χ2v) is 5.00.